The fourth-order valence-electron chi connectivity index (χ4n) is 2.92. The molecule has 0 aromatic heterocycles. The number of rotatable bonds is 8. The first-order valence-electron chi connectivity index (χ1n) is 10.0. The number of ether oxygens (including phenoxy) is 1. The van der Waals surface area contributed by atoms with Crippen molar-refractivity contribution in [1.29, 1.82) is 0 Å². The number of esters is 1. The minimum absolute atomic E-state index is 0.0514. The fraction of sp³-hybridized carbons (Fsp3) is 0.375. The van der Waals surface area contributed by atoms with Crippen molar-refractivity contribution in [3.05, 3.63) is 71.3 Å². The zero-order valence-corrected chi connectivity index (χ0v) is 18.3. The van der Waals surface area contributed by atoms with Crippen molar-refractivity contribution in [2.24, 2.45) is 0 Å². The molecule has 0 radical (unpaired) electrons. The maximum Gasteiger partial charge on any atom is 0.314 e. The number of carbonyl (C=O) groups is 3. The van der Waals surface area contributed by atoms with Crippen molar-refractivity contribution in [1.82, 2.24) is 4.90 Å². The first kappa shape index (κ1) is 25.0. The predicted octanol–water partition coefficient (Wildman–Crippen LogP) is 4.34. The minimum atomic E-state index is -0.833. The van der Waals surface area contributed by atoms with E-state index in [9.17, 15) is 9.59 Å². The molecule has 0 saturated heterocycles. The summed E-state index contributed by atoms with van der Waals surface area (Å²) in [5.74, 6) is -1.60. The van der Waals surface area contributed by atoms with Gasteiger partial charge in [-0.05, 0) is 38.6 Å². The van der Waals surface area contributed by atoms with Crippen molar-refractivity contribution in [3.8, 4) is 0 Å². The van der Waals surface area contributed by atoms with E-state index in [1.165, 1.54) is 0 Å². The van der Waals surface area contributed by atoms with Crippen LogP contribution in [-0.4, -0.2) is 47.0 Å². The summed E-state index contributed by atoms with van der Waals surface area (Å²) < 4.78 is 5.60. The fourth-order valence-corrected chi connectivity index (χ4v) is 2.92. The van der Waals surface area contributed by atoms with Gasteiger partial charge in [0.05, 0.1) is 5.92 Å². The van der Waals surface area contributed by atoms with Crippen molar-refractivity contribution in [2.45, 2.75) is 46.8 Å². The Morgan fingerprint density at radius 1 is 0.933 bits per heavy atom. The van der Waals surface area contributed by atoms with Crippen LogP contribution >= 0.6 is 0 Å². The molecule has 0 amide bonds. The van der Waals surface area contributed by atoms with Crippen molar-refractivity contribution in [2.75, 3.05) is 13.1 Å². The van der Waals surface area contributed by atoms with Crippen LogP contribution in [0.5, 0.6) is 0 Å². The monoisotopic (exact) mass is 413 g/mol. The van der Waals surface area contributed by atoms with E-state index in [1.54, 1.807) is 24.3 Å². The number of hydrogen-bond donors (Lipinski definition) is 1. The second-order valence-corrected chi connectivity index (χ2v) is 6.82. The lowest BCUT2D eigenvalue weighted by atomic mass is 9.96. The van der Waals surface area contributed by atoms with E-state index in [1.807, 2.05) is 58.0 Å². The highest BCUT2D eigenvalue weighted by molar-refractivity contribution is 6.09. The van der Waals surface area contributed by atoms with E-state index in [0.29, 0.717) is 11.1 Å². The van der Waals surface area contributed by atoms with E-state index in [0.717, 1.165) is 25.6 Å². The van der Waals surface area contributed by atoms with Gasteiger partial charge in [0.15, 0.2) is 12.0 Å². The van der Waals surface area contributed by atoms with Gasteiger partial charge in [-0.3, -0.25) is 19.3 Å². The summed E-state index contributed by atoms with van der Waals surface area (Å²) in [6, 6.07) is 16.4. The average molecular weight is 414 g/mol. The Kier molecular flexibility index (Phi) is 10.5. The van der Waals surface area contributed by atoms with Crippen LogP contribution in [0.3, 0.4) is 0 Å². The molecule has 6 heteroatoms. The molecular formula is C24H31NO5. The maximum absolute atomic E-state index is 12.6. The van der Waals surface area contributed by atoms with Gasteiger partial charge >= 0.3 is 5.97 Å². The quantitative estimate of drug-likeness (QED) is 0.394. The molecule has 2 aromatic carbocycles. The van der Waals surface area contributed by atoms with Crippen LogP contribution in [-0.2, 0) is 14.3 Å². The molecule has 0 heterocycles. The lowest BCUT2D eigenvalue weighted by molar-refractivity contribution is -0.158. The van der Waals surface area contributed by atoms with Crippen LogP contribution in [0.4, 0.5) is 0 Å². The van der Waals surface area contributed by atoms with Crippen LogP contribution < -0.4 is 0 Å². The van der Waals surface area contributed by atoms with Gasteiger partial charge in [0, 0.05) is 18.1 Å². The molecule has 30 heavy (non-hydrogen) atoms. The molecule has 2 aromatic rings. The molecule has 2 unspecified atom stereocenters. The SMILES string of the molecule is CC(=O)O.CCN(CC)C(C)OC(=O)C(C)c1cccc(C(=O)c2ccccc2)c1. The van der Waals surface area contributed by atoms with Crippen molar-refractivity contribution >= 4 is 17.7 Å². The average Bonchev–Trinajstić information content (AvgIpc) is 2.73. The molecule has 162 valence electrons. The summed E-state index contributed by atoms with van der Waals surface area (Å²) in [4.78, 5) is 36.2. The number of hydrogen-bond acceptors (Lipinski definition) is 5. The predicted molar refractivity (Wildman–Crippen MR) is 117 cm³/mol. The van der Waals surface area contributed by atoms with Gasteiger partial charge < -0.3 is 9.84 Å². The number of carboxylic acids is 1. The van der Waals surface area contributed by atoms with Crippen LogP contribution in [0, 0.1) is 0 Å². The van der Waals surface area contributed by atoms with Crippen molar-refractivity contribution < 1.29 is 24.2 Å². The van der Waals surface area contributed by atoms with Gasteiger partial charge in [-0.2, -0.15) is 0 Å². The largest absolute Gasteiger partial charge is 0.481 e. The van der Waals surface area contributed by atoms with Crippen LogP contribution in [0.2, 0.25) is 0 Å². The highest BCUT2D eigenvalue weighted by Gasteiger charge is 2.22. The third-order valence-electron chi connectivity index (χ3n) is 4.65. The summed E-state index contributed by atoms with van der Waals surface area (Å²) in [6.45, 7) is 10.5. The van der Waals surface area contributed by atoms with E-state index in [2.05, 4.69) is 4.90 Å². The summed E-state index contributed by atoms with van der Waals surface area (Å²) in [7, 11) is 0. The second-order valence-electron chi connectivity index (χ2n) is 6.82. The Morgan fingerprint density at radius 2 is 1.47 bits per heavy atom. The van der Waals surface area contributed by atoms with Gasteiger partial charge in [-0.15, -0.1) is 0 Å². The standard InChI is InChI=1S/C22H27NO3.C2H4O2/c1-5-23(6-2)17(4)26-22(25)16(3)19-13-10-14-20(15-19)21(24)18-11-8-7-9-12-18;1-2(3)4/h7-17H,5-6H2,1-4H3;1H3,(H,3,4). The molecule has 0 spiro atoms. The lowest BCUT2D eigenvalue weighted by Gasteiger charge is -2.27. The van der Waals surface area contributed by atoms with Crippen LogP contribution in [0.25, 0.3) is 0 Å². The smallest absolute Gasteiger partial charge is 0.314 e. The molecule has 0 aliphatic carbocycles. The van der Waals surface area contributed by atoms with Crippen LogP contribution in [0.15, 0.2) is 54.6 Å². The van der Waals surface area contributed by atoms with Gasteiger partial charge in [-0.25, -0.2) is 0 Å². The number of nitrogens with zero attached hydrogens (tertiary/aromatic N) is 1. The maximum atomic E-state index is 12.6. The topological polar surface area (TPSA) is 83.9 Å². The third kappa shape index (κ3) is 7.79. The Bertz CT molecular complexity index is 826. The molecule has 1 N–H and O–H groups in total. The van der Waals surface area contributed by atoms with Gasteiger partial charge in [0.2, 0.25) is 0 Å². The van der Waals surface area contributed by atoms with Gasteiger partial charge in [0.1, 0.15) is 0 Å². The third-order valence-corrected chi connectivity index (χ3v) is 4.65. The zero-order valence-electron chi connectivity index (χ0n) is 18.3. The highest BCUT2D eigenvalue weighted by atomic mass is 16.6. The van der Waals surface area contributed by atoms with E-state index in [-0.39, 0.29) is 18.0 Å². The molecule has 0 aliphatic rings. The molecular weight excluding hydrogens is 382 g/mol. The lowest BCUT2D eigenvalue weighted by Crippen LogP contribution is -2.37. The summed E-state index contributed by atoms with van der Waals surface area (Å²) in [6.07, 6.45) is -0.269. The number of carbonyl (C=O) groups excluding carboxylic acids is 2. The second kappa shape index (κ2) is 12.5. The number of aliphatic carboxylic acids is 1. The van der Waals surface area contributed by atoms with E-state index < -0.39 is 11.9 Å². The first-order valence-corrected chi connectivity index (χ1v) is 10.0. The normalized spacial score (nSPS) is 12.3. The van der Waals surface area contributed by atoms with Gasteiger partial charge in [0.25, 0.3) is 5.97 Å². The molecule has 0 bridgehead atoms. The van der Waals surface area contributed by atoms with Gasteiger partial charge in [-0.1, -0.05) is 62.4 Å². The van der Waals surface area contributed by atoms with Crippen molar-refractivity contribution in [3.63, 3.8) is 0 Å². The summed E-state index contributed by atoms with van der Waals surface area (Å²) in [5, 5.41) is 7.42. The Balaban J connectivity index is 0.00000103. The molecule has 2 rings (SSSR count). The van der Waals surface area contributed by atoms with E-state index >= 15 is 0 Å². The molecule has 0 saturated carbocycles. The molecule has 0 fully saturated rings. The minimum Gasteiger partial charge on any atom is -0.481 e. The molecule has 0 aliphatic heterocycles. The van der Waals surface area contributed by atoms with E-state index in [4.69, 9.17) is 14.6 Å². The Hall–Kier alpha value is -2.99. The Morgan fingerprint density at radius 3 is 2.00 bits per heavy atom. The number of ketones is 1. The summed E-state index contributed by atoms with van der Waals surface area (Å²) >= 11 is 0. The number of benzene rings is 2. The molecule has 6 nitrogen and oxygen atoms in total. The molecule has 2 atom stereocenters. The Labute approximate surface area is 178 Å². The first-order chi connectivity index (χ1) is 14.2. The highest BCUT2D eigenvalue weighted by Crippen LogP contribution is 2.21. The zero-order chi connectivity index (χ0) is 22.7. The number of carboxylic acid groups (broad SMARTS) is 1. The summed E-state index contributed by atoms with van der Waals surface area (Å²) in [5.41, 5.74) is 1.99. The van der Waals surface area contributed by atoms with Crippen LogP contribution in [0.1, 0.15) is 62.0 Å².